The Labute approximate surface area is 219 Å². The monoisotopic (exact) mass is 596 g/mol. The normalized spacial score (nSPS) is 10.8. The topological polar surface area (TPSA) is 92.2 Å². The number of anilines is 2. The van der Waals surface area contributed by atoms with E-state index in [-0.39, 0.29) is 5.69 Å². The molecule has 178 valence electrons. The molecule has 0 spiro atoms. The highest BCUT2D eigenvalue weighted by Crippen LogP contribution is 2.25. The molecule has 3 aromatic carbocycles. The molecule has 4 aromatic rings. The predicted octanol–water partition coefficient (Wildman–Crippen LogP) is 6.05. The number of fused-ring (bicyclic) bond motifs is 1. The third-order valence-electron chi connectivity index (χ3n) is 5.55. The van der Waals surface area contributed by atoms with Crippen LogP contribution >= 0.6 is 31.9 Å². The van der Waals surface area contributed by atoms with Gasteiger partial charge in [0.2, 0.25) is 0 Å². The van der Waals surface area contributed by atoms with Crippen molar-refractivity contribution in [2.75, 3.05) is 16.1 Å². The third-order valence-corrected chi connectivity index (χ3v) is 6.70. The van der Waals surface area contributed by atoms with Gasteiger partial charge in [-0.15, -0.1) is 0 Å². The van der Waals surface area contributed by atoms with Gasteiger partial charge >= 0.3 is 11.8 Å². The average molecular weight is 598 g/mol. The van der Waals surface area contributed by atoms with Gasteiger partial charge in [0.25, 0.3) is 5.91 Å². The Balaban J connectivity index is 1.63. The molecule has 0 aliphatic heterocycles. The zero-order valence-electron chi connectivity index (χ0n) is 19.2. The molecule has 0 bridgehead atoms. The first-order chi connectivity index (χ1) is 16.6. The molecule has 0 atom stereocenters. The minimum Gasteiger partial charge on any atom is -0.321 e. The van der Waals surface area contributed by atoms with E-state index in [1.165, 1.54) is 4.68 Å². The molecule has 0 unspecified atom stereocenters. The fraction of sp³-hybridized carbons (Fsp3) is 0.115. The van der Waals surface area contributed by atoms with Crippen LogP contribution in [0.3, 0.4) is 0 Å². The number of rotatable bonds is 4. The summed E-state index contributed by atoms with van der Waals surface area (Å²) in [6.07, 6.45) is 0. The van der Waals surface area contributed by atoms with E-state index >= 15 is 0 Å². The summed E-state index contributed by atoms with van der Waals surface area (Å²) in [5, 5.41) is 6.17. The molecule has 0 saturated carbocycles. The molecule has 3 N–H and O–H groups in total. The van der Waals surface area contributed by atoms with Gasteiger partial charge in [0.15, 0.2) is 0 Å². The minimum atomic E-state index is -0.918. The number of carbonyl (C=O) groups is 3. The van der Waals surface area contributed by atoms with Crippen LogP contribution in [0.4, 0.5) is 11.4 Å². The third kappa shape index (κ3) is 5.47. The Morgan fingerprint density at radius 2 is 1.54 bits per heavy atom. The molecule has 7 nitrogen and oxygen atoms in total. The maximum absolute atomic E-state index is 13.2. The van der Waals surface area contributed by atoms with E-state index in [9.17, 15) is 14.4 Å². The van der Waals surface area contributed by atoms with Crippen LogP contribution in [0.5, 0.6) is 0 Å². The van der Waals surface area contributed by atoms with E-state index < -0.39 is 17.7 Å². The molecular weight excluding hydrogens is 576 g/mol. The second-order valence-electron chi connectivity index (χ2n) is 8.20. The lowest BCUT2D eigenvalue weighted by Gasteiger charge is -2.13. The maximum atomic E-state index is 13.2. The molecule has 0 saturated heterocycles. The lowest BCUT2D eigenvalue weighted by molar-refractivity contribution is -0.133. The molecule has 0 aliphatic rings. The smallest absolute Gasteiger partial charge is 0.321 e. The van der Waals surface area contributed by atoms with E-state index in [2.05, 4.69) is 47.9 Å². The van der Waals surface area contributed by atoms with Crippen LogP contribution in [0.25, 0.3) is 10.9 Å². The van der Waals surface area contributed by atoms with Gasteiger partial charge in [-0.05, 0) is 102 Å². The van der Waals surface area contributed by atoms with Gasteiger partial charge in [-0.2, -0.15) is 0 Å². The highest BCUT2D eigenvalue weighted by Gasteiger charge is 2.22. The van der Waals surface area contributed by atoms with Crippen LogP contribution in [-0.4, -0.2) is 22.4 Å². The number of halogens is 2. The van der Waals surface area contributed by atoms with Gasteiger partial charge in [0, 0.05) is 20.0 Å². The maximum Gasteiger partial charge on any atom is 0.328 e. The van der Waals surface area contributed by atoms with Crippen molar-refractivity contribution >= 4 is 71.9 Å². The van der Waals surface area contributed by atoms with Crippen molar-refractivity contribution in [3.05, 3.63) is 92.0 Å². The largest absolute Gasteiger partial charge is 0.328 e. The molecular formula is C26H22Br2N4O3. The van der Waals surface area contributed by atoms with Gasteiger partial charge in [-0.3, -0.25) is 19.8 Å². The second kappa shape index (κ2) is 10.1. The van der Waals surface area contributed by atoms with Crippen molar-refractivity contribution in [3.8, 4) is 0 Å². The summed E-state index contributed by atoms with van der Waals surface area (Å²) in [4.78, 5) is 38.7. The molecule has 1 aromatic heterocycles. The SMILES string of the molecule is Cc1ccc(NC(=O)C(=O)Nn2c(C(=O)Nc3ccc(C)c(C)c3)cc3cc(Br)ccc32)c(Br)c1. The van der Waals surface area contributed by atoms with Crippen LogP contribution in [0.1, 0.15) is 27.2 Å². The quantitative estimate of drug-likeness (QED) is 0.250. The first-order valence-electron chi connectivity index (χ1n) is 10.7. The lowest BCUT2D eigenvalue weighted by Crippen LogP contribution is -2.36. The summed E-state index contributed by atoms with van der Waals surface area (Å²) < 4.78 is 2.80. The van der Waals surface area contributed by atoms with E-state index in [1.807, 2.05) is 57.2 Å². The molecule has 0 fully saturated rings. The standard InChI is InChI=1S/C26H22Br2N4O3/c1-14-4-8-21(20(28)10-14)30-25(34)26(35)31-32-22-9-6-18(27)12-17(22)13-23(32)24(33)29-19-7-5-15(2)16(3)11-19/h4-13H,1-3H3,(H,29,33)(H,30,34)(H,31,35). The zero-order valence-corrected chi connectivity index (χ0v) is 22.4. The van der Waals surface area contributed by atoms with Gasteiger partial charge in [-0.1, -0.05) is 28.1 Å². The number of hydrogen-bond acceptors (Lipinski definition) is 3. The van der Waals surface area contributed by atoms with Crippen LogP contribution < -0.4 is 16.1 Å². The van der Waals surface area contributed by atoms with Gasteiger partial charge < -0.3 is 10.6 Å². The molecule has 9 heteroatoms. The highest BCUT2D eigenvalue weighted by molar-refractivity contribution is 9.10. The first-order valence-corrected chi connectivity index (χ1v) is 12.3. The van der Waals surface area contributed by atoms with Gasteiger partial charge in [-0.25, -0.2) is 4.68 Å². The summed E-state index contributed by atoms with van der Waals surface area (Å²) in [5.41, 5.74) is 7.55. The van der Waals surface area contributed by atoms with Crippen molar-refractivity contribution in [2.24, 2.45) is 0 Å². The van der Waals surface area contributed by atoms with Crippen LogP contribution in [0.2, 0.25) is 0 Å². The van der Waals surface area contributed by atoms with Gasteiger partial charge in [0.1, 0.15) is 5.69 Å². The predicted molar refractivity (Wildman–Crippen MR) is 145 cm³/mol. The minimum absolute atomic E-state index is 0.175. The van der Waals surface area contributed by atoms with Crippen molar-refractivity contribution < 1.29 is 14.4 Å². The Morgan fingerprint density at radius 1 is 0.771 bits per heavy atom. The fourth-order valence-electron chi connectivity index (χ4n) is 3.54. The fourth-order valence-corrected chi connectivity index (χ4v) is 4.51. The van der Waals surface area contributed by atoms with Crippen molar-refractivity contribution in [1.29, 1.82) is 0 Å². The van der Waals surface area contributed by atoms with Crippen molar-refractivity contribution in [3.63, 3.8) is 0 Å². The van der Waals surface area contributed by atoms with E-state index in [0.29, 0.717) is 26.8 Å². The molecule has 3 amide bonds. The average Bonchev–Trinajstić information content (AvgIpc) is 3.15. The molecule has 4 rings (SSSR count). The van der Waals surface area contributed by atoms with E-state index in [1.54, 1.807) is 24.3 Å². The van der Waals surface area contributed by atoms with E-state index in [0.717, 1.165) is 21.2 Å². The molecule has 0 radical (unpaired) electrons. The number of aromatic nitrogens is 1. The number of nitrogens with zero attached hydrogens (tertiary/aromatic N) is 1. The van der Waals surface area contributed by atoms with E-state index in [4.69, 9.17) is 0 Å². The Kier molecular flexibility index (Phi) is 7.09. The number of carbonyl (C=O) groups excluding carboxylic acids is 3. The van der Waals surface area contributed by atoms with Crippen LogP contribution in [-0.2, 0) is 9.59 Å². The summed E-state index contributed by atoms with van der Waals surface area (Å²) >= 11 is 6.82. The van der Waals surface area contributed by atoms with Crippen molar-refractivity contribution in [1.82, 2.24) is 4.68 Å². The first kappa shape index (κ1) is 24.7. The van der Waals surface area contributed by atoms with Crippen LogP contribution in [0.15, 0.2) is 69.6 Å². The van der Waals surface area contributed by atoms with Crippen molar-refractivity contribution in [2.45, 2.75) is 20.8 Å². The highest BCUT2D eigenvalue weighted by atomic mass is 79.9. The zero-order chi connectivity index (χ0) is 25.3. The van der Waals surface area contributed by atoms with Gasteiger partial charge in [0.05, 0.1) is 11.2 Å². The molecule has 1 heterocycles. The summed E-state index contributed by atoms with van der Waals surface area (Å²) in [5.74, 6) is -2.21. The number of nitrogens with one attached hydrogen (secondary N) is 3. The summed E-state index contributed by atoms with van der Waals surface area (Å²) in [7, 11) is 0. The number of aryl methyl sites for hydroxylation is 3. The number of amides is 3. The number of benzene rings is 3. The molecule has 35 heavy (non-hydrogen) atoms. The Bertz CT molecular complexity index is 1490. The summed E-state index contributed by atoms with van der Waals surface area (Å²) in [6.45, 7) is 5.88. The molecule has 0 aliphatic carbocycles. The summed E-state index contributed by atoms with van der Waals surface area (Å²) in [6, 6.07) is 18.0. The second-order valence-corrected chi connectivity index (χ2v) is 9.97. The Hall–Kier alpha value is -3.43. The number of hydrogen-bond donors (Lipinski definition) is 3. The van der Waals surface area contributed by atoms with Crippen LogP contribution in [0, 0.1) is 20.8 Å². The Morgan fingerprint density at radius 3 is 2.26 bits per heavy atom. The lowest BCUT2D eigenvalue weighted by atomic mass is 10.1.